The number of nitrogens with one attached hydrogen (secondary N) is 1. The minimum Gasteiger partial charge on any atom is -0.507 e. The summed E-state index contributed by atoms with van der Waals surface area (Å²) in [7, 11) is 1.34. The zero-order valence-corrected chi connectivity index (χ0v) is 30.6. The molecule has 2 fully saturated rings. The molecule has 3 aromatic rings. The van der Waals surface area contributed by atoms with Gasteiger partial charge in [0.1, 0.15) is 29.5 Å². The monoisotopic (exact) mass is 755 g/mol. The first-order chi connectivity index (χ1) is 26.4. The summed E-state index contributed by atoms with van der Waals surface area (Å²) in [5, 5.41) is 59.3. The van der Waals surface area contributed by atoms with E-state index in [-0.39, 0.29) is 40.5 Å². The van der Waals surface area contributed by atoms with Crippen LogP contribution in [-0.2, 0) is 38.6 Å². The highest BCUT2D eigenvalue weighted by Crippen LogP contribution is 2.52. The first-order valence-corrected chi connectivity index (χ1v) is 18.7. The van der Waals surface area contributed by atoms with E-state index in [1.54, 1.807) is 6.92 Å². The second kappa shape index (κ2) is 14.6. The van der Waals surface area contributed by atoms with Crippen LogP contribution in [0.4, 0.5) is 0 Å². The second-order valence-corrected chi connectivity index (χ2v) is 15.4. The van der Waals surface area contributed by atoms with E-state index in [4.69, 9.17) is 18.9 Å². The number of aliphatic hydroxyl groups is 3. The lowest BCUT2D eigenvalue weighted by atomic mass is 9.72. The molecule has 5 aliphatic rings. The molecule has 13 heteroatoms. The van der Waals surface area contributed by atoms with Gasteiger partial charge in [0.05, 0.1) is 54.8 Å². The summed E-state index contributed by atoms with van der Waals surface area (Å²) in [5.74, 6) is -2.59. The maximum Gasteiger partial charge on any atom is 0.202 e. The summed E-state index contributed by atoms with van der Waals surface area (Å²) < 4.78 is 24.0. The number of hydrogen-bond donors (Lipinski definition) is 6. The number of Topliss-reactive ketones (excluding diaryl/α,β-unsaturated/α-hetero) is 1. The molecule has 0 amide bonds. The Morgan fingerprint density at radius 3 is 2.40 bits per heavy atom. The number of fused-ring (bicyclic) bond motifs is 5. The standard InChI is InChI=1S/C42H45NO12/c1-20-37(46)27(43-17-21-6-8-22(9-7-21)19-53-29-13-23-10-11-24(29)12-23)14-32(54-20)55-30-16-42(51,31(45)18-44)15-26-34(30)41(50)36-35(39(26)48)38(47)25-4-3-5-28(52-2)33(25)40(36)49/h3-11,20,23-24,27,29-30,32,37,43-44,46,48,50-51H,12-19H2,1-2H3/t20-,23-,24-,27-,29-,30-,32-,37+,42-/m0/s1. The van der Waals surface area contributed by atoms with Crippen molar-refractivity contribution in [2.75, 3.05) is 13.7 Å². The number of aromatic hydroxyl groups is 2. The molecule has 2 bridgehead atoms. The van der Waals surface area contributed by atoms with Crippen LogP contribution in [0.15, 0.2) is 54.6 Å². The maximum atomic E-state index is 14.0. The number of ketones is 3. The number of carbonyl (C=O) groups excluding carboxylic acids is 3. The highest BCUT2D eigenvalue weighted by atomic mass is 16.7. The summed E-state index contributed by atoms with van der Waals surface area (Å²) in [6.45, 7) is 1.60. The lowest BCUT2D eigenvalue weighted by Gasteiger charge is -2.43. The number of phenols is 2. The van der Waals surface area contributed by atoms with Gasteiger partial charge in [0.15, 0.2) is 17.9 Å². The molecule has 1 saturated heterocycles. The fraction of sp³-hybridized carbons (Fsp3) is 0.452. The largest absolute Gasteiger partial charge is 0.507 e. The normalized spacial score (nSPS) is 30.6. The topological polar surface area (TPSA) is 201 Å². The Bertz CT molecular complexity index is 2060. The maximum absolute atomic E-state index is 14.0. The van der Waals surface area contributed by atoms with E-state index in [0.717, 1.165) is 17.5 Å². The molecule has 0 unspecified atom stereocenters. The van der Waals surface area contributed by atoms with E-state index in [2.05, 4.69) is 17.5 Å². The van der Waals surface area contributed by atoms with Gasteiger partial charge < -0.3 is 49.8 Å². The van der Waals surface area contributed by atoms with Gasteiger partial charge in [-0.3, -0.25) is 14.4 Å². The lowest BCUT2D eigenvalue weighted by Crippen LogP contribution is -2.54. The summed E-state index contributed by atoms with van der Waals surface area (Å²) in [6.07, 6.45) is 2.05. The molecule has 9 atom stereocenters. The van der Waals surface area contributed by atoms with Gasteiger partial charge >= 0.3 is 0 Å². The summed E-state index contributed by atoms with van der Waals surface area (Å²) in [5.41, 5.74) is -1.56. The smallest absolute Gasteiger partial charge is 0.202 e. The predicted molar refractivity (Wildman–Crippen MR) is 195 cm³/mol. The second-order valence-electron chi connectivity index (χ2n) is 15.4. The molecule has 1 aliphatic heterocycles. The van der Waals surface area contributed by atoms with Gasteiger partial charge in [0.25, 0.3) is 0 Å². The molecule has 55 heavy (non-hydrogen) atoms. The van der Waals surface area contributed by atoms with Gasteiger partial charge in [-0.2, -0.15) is 0 Å². The molecule has 4 aliphatic carbocycles. The zero-order chi connectivity index (χ0) is 38.8. The van der Waals surface area contributed by atoms with Crippen LogP contribution in [0.3, 0.4) is 0 Å². The van der Waals surface area contributed by atoms with Crippen LogP contribution in [0.2, 0.25) is 0 Å². The van der Waals surface area contributed by atoms with Gasteiger partial charge in [-0.25, -0.2) is 0 Å². The highest BCUT2D eigenvalue weighted by Gasteiger charge is 2.50. The Hall–Kier alpha value is -4.47. The fourth-order valence-corrected chi connectivity index (χ4v) is 9.05. The third-order valence-corrected chi connectivity index (χ3v) is 12.0. The number of hydrogen-bond acceptors (Lipinski definition) is 13. The van der Waals surface area contributed by atoms with Crippen molar-refractivity contribution < 1.29 is 58.9 Å². The third kappa shape index (κ3) is 6.57. The van der Waals surface area contributed by atoms with Crippen molar-refractivity contribution in [1.82, 2.24) is 5.32 Å². The molecule has 0 radical (unpaired) electrons. The number of methoxy groups -OCH3 is 1. The van der Waals surface area contributed by atoms with Crippen LogP contribution in [-0.4, -0.2) is 92.8 Å². The SMILES string of the molecule is COc1cccc2c1C(=O)c1c(O)c3c(c(O)c1C2=O)C[C@@](O)(C(=O)CO)C[C@@H]3O[C@H]1C[C@H](NCc2ccc(CO[C@H]3C[C@H]4C=C[C@H]3C4)cc2)[C@H](O)[C@H](C)O1. The Kier molecular flexibility index (Phi) is 9.91. The number of allylic oxidation sites excluding steroid dienone is 1. The van der Waals surface area contributed by atoms with E-state index in [0.29, 0.717) is 25.0 Å². The quantitative estimate of drug-likeness (QED) is 0.0963. The molecular weight excluding hydrogens is 710 g/mol. The van der Waals surface area contributed by atoms with Gasteiger partial charge in [0, 0.05) is 54.5 Å². The van der Waals surface area contributed by atoms with Gasteiger partial charge in [-0.05, 0) is 42.9 Å². The van der Waals surface area contributed by atoms with Gasteiger partial charge in [-0.1, -0.05) is 48.6 Å². The summed E-state index contributed by atoms with van der Waals surface area (Å²) in [4.78, 5) is 40.7. The van der Waals surface area contributed by atoms with Crippen LogP contribution in [0.5, 0.6) is 17.2 Å². The van der Waals surface area contributed by atoms with E-state index in [9.17, 15) is 39.9 Å². The molecule has 290 valence electrons. The van der Waals surface area contributed by atoms with Crippen molar-refractivity contribution in [2.45, 2.75) is 94.5 Å². The van der Waals surface area contributed by atoms with Crippen molar-refractivity contribution in [3.05, 3.63) is 99.1 Å². The summed E-state index contributed by atoms with van der Waals surface area (Å²) in [6, 6.07) is 11.9. The molecule has 13 nitrogen and oxygen atoms in total. The van der Waals surface area contributed by atoms with Crippen molar-refractivity contribution in [3.8, 4) is 17.2 Å². The Labute approximate surface area is 317 Å². The number of phenolic OH excluding ortho intramolecular Hbond substituents is 2. The molecule has 0 spiro atoms. The van der Waals surface area contributed by atoms with Crippen LogP contribution in [0.25, 0.3) is 0 Å². The van der Waals surface area contributed by atoms with E-state index >= 15 is 0 Å². The minimum atomic E-state index is -2.27. The number of carbonyl (C=O) groups is 3. The lowest BCUT2D eigenvalue weighted by molar-refractivity contribution is -0.250. The molecule has 8 rings (SSSR count). The molecule has 1 heterocycles. The van der Waals surface area contributed by atoms with Crippen molar-refractivity contribution in [3.63, 3.8) is 0 Å². The van der Waals surface area contributed by atoms with Crippen LogP contribution in [0.1, 0.15) is 92.8 Å². The molecular formula is C42H45NO12. The number of aliphatic hydroxyl groups excluding tert-OH is 2. The third-order valence-electron chi connectivity index (χ3n) is 12.0. The van der Waals surface area contributed by atoms with Crippen LogP contribution >= 0.6 is 0 Å². The van der Waals surface area contributed by atoms with E-state index < -0.39 is 95.7 Å². The number of benzene rings is 3. The van der Waals surface area contributed by atoms with E-state index in [1.165, 1.54) is 31.7 Å². The molecule has 1 saturated carbocycles. The first kappa shape index (κ1) is 37.5. The minimum absolute atomic E-state index is 0.0490. The Balaban J connectivity index is 1.03. The van der Waals surface area contributed by atoms with Crippen LogP contribution < -0.4 is 10.1 Å². The number of ether oxygens (including phenoxy) is 4. The number of rotatable bonds is 11. The average molecular weight is 756 g/mol. The van der Waals surface area contributed by atoms with Gasteiger partial charge in [-0.15, -0.1) is 0 Å². The summed E-state index contributed by atoms with van der Waals surface area (Å²) >= 11 is 0. The van der Waals surface area contributed by atoms with E-state index in [1.807, 2.05) is 24.3 Å². The van der Waals surface area contributed by atoms with Crippen molar-refractivity contribution >= 4 is 17.3 Å². The average Bonchev–Trinajstić information content (AvgIpc) is 3.82. The van der Waals surface area contributed by atoms with Crippen molar-refractivity contribution in [1.29, 1.82) is 0 Å². The van der Waals surface area contributed by atoms with Crippen LogP contribution in [0, 0.1) is 11.8 Å². The molecule has 6 N–H and O–H groups in total. The first-order valence-electron chi connectivity index (χ1n) is 18.7. The fourth-order valence-electron chi connectivity index (χ4n) is 9.05. The van der Waals surface area contributed by atoms with Crippen molar-refractivity contribution in [2.24, 2.45) is 11.8 Å². The zero-order valence-electron chi connectivity index (χ0n) is 30.6. The Morgan fingerprint density at radius 1 is 0.964 bits per heavy atom. The predicted octanol–water partition coefficient (Wildman–Crippen LogP) is 3.31. The van der Waals surface area contributed by atoms with Gasteiger partial charge in [0.2, 0.25) is 5.78 Å². The molecule has 3 aromatic carbocycles. The highest BCUT2D eigenvalue weighted by molar-refractivity contribution is 6.31. The molecule has 0 aromatic heterocycles. The Morgan fingerprint density at radius 2 is 1.71 bits per heavy atom.